The minimum absolute atomic E-state index is 0.587. The van der Waals surface area contributed by atoms with Crippen LogP contribution in [0, 0.1) is 12.4 Å². The number of nitrogens with zero attached hydrogens (tertiary/aromatic N) is 2. The average Bonchev–Trinajstić information content (AvgIpc) is 2.34. The first-order valence-corrected chi connectivity index (χ1v) is 3.03. The number of aromatic nitrogens is 2. The van der Waals surface area contributed by atoms with E-state index < -0.39 is 25.0 Å². The van der Waals surface area contributed by atoms with Crippen molar-refractivity contribution in [2.45, 2.75) is 19.4 Å². The molecule has 2 radical (unpaired) electrons. The quantitative estimate of drug-likeness (QED) is 0.647. The lowest BCUT2D eigenvalue weighted by Crippen LogP contribution is -2.06. The first-order chi connectivity index (χ1) is 5.59. The van der Waals surface area contributed by atoms with Gasteiger partial charge in [0.15, 0.2) is 0 Å². The molecular formula is C6H4F4N2. The summed E-state index contributed by atoms with van der Waals surface area (Å²) in [6.45, 7) is -0.733. The Labute approximate surface area is 65.8 Å². The van der Waals surface area contributed by atoms with Crippen LogP contribution in [0.3, 0.4) is 0 Å². The van der Waals surface area contributed by atoms with E-state index in [1.165, 1.54) is 0 Å². The lowest BCUT2D eigenvalue weighted by molar-refractivity contribution is 0.120. The topological polar surface area (TPSA) is 17.8 Å². The second-order valence-corrected chi connectivity index (χ2v) is 2.01. The Hall–Kier alpha value is -1.07. The van der Waals surface area contributed by atoms with Gasteiger partial charge in [-0.25, -0.2) is 17.6 Å². The van der Waals surface area contributed by atoms with Gasteiger partial charge in [-0.05, 0) is 0 Å². The smallest absolute Gasteiger partial charge is 0.256 e. The van der Waals surface area contributed by atoms with Crippen LogP contribution in [0.2, 0.25) is 0 Å². The molecule has 0 amide bonds. The van der Waals surface area contributed by atoms with Crippen LogP contribution in [0.5, 0.6) is 0 Å². The van der Waals surface area contributed by atoms with Gasteiger partial charge in [0.25, 0.3) is 12.9 Å². The number of halogens is 4. The summed E-state index contributed by atoms with van der Waals surface area (Å²) in [4.78, 5) is 0. The zero-order valence-electron chi connectivity index (χ0n) is 5.77. The van der Waals surface area contributed by atoms with E-state index >= 15 is 0 Å². The van der Waals surface area contributed by atoms with Gasteiger partial charge in [0.2, 0.25) is 0 Å². The summed E-state index contributed by atoms with van der Waals surface area (Å²) in [6.07, 6.45) is -1.54. The van der Waals surface area contributed by atoms with Crippen LogP contribution in [0.4, 0.5) is 17.6 Å². The van der Waals surface area contributed by atoms with Crippen LogP contribution in [0.1, 0.15) is 12.0 Å². The maximum Gasteiger partial charge on any atom is 0.268 e. The molecule has 0 aliphatic carbocycles. The standard InChI is InChI=1S/C6H4F4N2/c7-5(8)3-12-2-4(1-11-12)6(9)10/h5-6H,3H2. The van der Waals surface area contributed by atoms with E-state index in [0.29, 0.717) is 4.68 Å². The average molecular weight is 180 g/mol. The van der Waals surface area contributed by atoms with Gasteiger partial charge in [-0.15, -0.1) is 0 Å². The van der Waals surface area contributed by atoms with E-state index in [0.717, 1.165) is 0 Å². The van der Waals surface area contributed by atoms with Crippen LogP contribution in [0.25, 0.3) is 0 Å². The molecule has 1 aromatic rings. The van der Waals surface area contributed by atoms with Gasteiger partial charge in [0, 0.05) is 0 Å². The van der Waals surface area contributed by atoms with E-state index in [-0.39, 0.29) is 0 Å². The molecule has 0 saturated carbocycles. The summed E-state index contributed by atoms with van der Waals surface area (Å²) in [5, 5.41) is 3.15. The van der Waals surface area contributed by atoms with E-state index in [9.17, 15) is 17.6 Å². The van der Waals surface area contributed by atoms with Gasteiger partial charge < -0.3 is 0 Å². The predicted octanol–water partition coefficient (Wildman–Crippen LogP) is 1.69. The first-order valence-electron chi connectivity index (χ1n) is 3.03. The Balaban J connectivity index is 2.64. The summed E-state index contributed by atoms with van der Waals surface area (Å²) in [5.41, 5.74) is -0.587. The minimum atomic E-state index is -2.77. The van der Waals surface area contributed by atoms with Gasteiger partial charge in [0.1, 0.15) is 12.7 Å². The molecule has 12 heavy (non-hydrogen) atoms. The highest BCUT2D eigenvalue weighted by atomic mass is 19.3. The molecule has 0 spiro atoms. The molecule has 1 heterocycles. The Morgan fingerprint density at radius 3 is 2.42 bits per heavy atom. The Bertz CT molecular complexity index is 245. The summed E-state index contributed by atoms with van der Waals surface area (Å²) in [6, 6.07) is 0. The molecule has 6 heteroatoms. The molecule has 1 aromatic heterocycles. The Morgan fingerprint density at radius 2 is 2.00 bits per heavy atom. The highest BCUT2D eigenvalue weighted by Gasteiger charge is 2.12. The molecule has 0 bridgehead atoms. The number of hydrogen-bond donors (Lipinski definition) is 0. The molecule has 0 fully saturated rings. The zero-order valence-corrected chi connectivity index (χ0v) is 5.77. The van der Waals surface area contributed by atoms with Crippen molar-refractivity contribution in [2.24, 2.45) is 0 Å². The molecule has 0 unspecified atom stereocenters. The molecule has 1 rings (SSSR count). The highest BCUT2D eigenvalue weighted by Crippen LogP contribution is 2.16. The molecule has 66 valence electrons. The third-order valence-corrected chi connectivity index (χ3v) is 1.07. The van der Waals surface area contributed by atoms with Crippen LogP contribution in [-0.4, -0.2) is 16.2 Å². The summed E-state index contributed by atoms with van der Waals surface area (Å²) in [7, 11) is 0. The van der Waals surface area contributed by atoms with Crippen molar-refractivity contribution < 1.29 is 17.6 Å². The minimum Gasteiger partial charge on any atom is -0.256 e. The van der Waals surface area contributed by atoms with Gasteiger partial charge in [-0.3, -0.25) is 4.68 Å². The normalized spacial score (nSPS) is 11.5. The van der Waals surface area contributed by atoms with Crippen LogP contribution in [0.15, 0.2) is 0 Å². The van der Waals surface area contributed by atoms with Gasteiger partial charge in [-0.2, -0.15) is 5.10 Å². The van der Waals surface area contributed by atoms with Crippen molar-refractivity contribution in [1.29, 1.82) is 0 Å². The maximum atomic E-state index is 11.8. The van der Waals surface area contributed by atoms with Crippen LogP contribution < -0.4 is 0 Å². The number of rotatable bonds is 3. The lowest BCUT2D eigenvalue weighted by atomic mass is 10.4. The third kappa shape index (κ3) is 2.21. The van der Waals surface area contributed by atoms with Crippen molar-refractivity contribution in [3.8, 4) is 0 Å². The van der Waals surface area contributed by atoms with Crippen LogP contribution in [-0.2, 0) is 6.54 Å². The van der Waals surface area contributed by atoms with E-state index in [1.54, 1.807) is 0 Å². The summed E-state index contributed by atoms with van der Waals surface area (Å²) >= 11 is 0. The van der Waals surface area contributed by atoms with E-state index in [1.807, 2.05) is 12.4 Å². The Morgan fingerprint density at radius 1 is 1.33 bits per heavy atom. The predicted molar refractivity (Wildman–Crippen MR) is 30.9 cm³/mol. The summed E-state index contributed by atoms with van der Waals surface area (Å²) in [5.74, 6) is 0. The monoisotopic (exact) mass is 180 g/mol. The second kappa shape index (κ2) is 3.55. The molecule has 0 aliphatic heterocycles. The SMILES string of the molecule is FC(F)Cn1[c]c(C(F)F)[c]n1. The molecule has 0 saturated heterocycles. The van der Waals surface area contributed by atoms with Crippen molar-refractivity contribution >= 4 is 0 Å². The first kappa shape index (κ1) is 9.02. The lowest BCUT2D eigenvalue weighted by Gasteiger charge is -1.96. The fraction of sp³-hybridized carbons (Fsp3) is 0.500. The summed E-state index contributed by atoms with van der Waals surface area (Å²) < 4.78 is 47.5. The van der Waals surface area contributed by atoms with Crippen molar-refractivity contribution in [3.63, 3.8) is 0 Å². The molecule has 0 aliphatic rings. The van der Waals surface area contributed by atoms with E-state index in [2.05, 4.69) is 5.10 Å². The second-order valence-electron chi connectivity index (χ2n) is 2.01. The highest BCUT2D eigenvalue weighted by molar-refractivity contribution is 5.01. The van der Waals surface area contributed by atoms with Gasteiger partial charge >= 0.3 is 0 Å². The fourth-order valence-corrected chi connectivity index (χ4v) is 0.618. The maximum absolute atomic E-state index is 11.8. The van der Waals surface area contributed by atoms with Crippen LogP contribution >= 0.6 is 0 Å². The van der Waals surface area contributed by atoms with Gasteiger partial charge in [0.05, 0.1) is 11.8 Å². The molecule has 0 atom stereocenters. The molecule has 2 nitrogen and oxygen atoms in total. The van der Waals surface area contributed by atoms with Gasteiger partial charge in [-0.1, -0.05) is 0 Å². The van der Waals surface area contributed by atoms with E-state index in [4.69, 9.17) is 0 Å². The van der Waals surface area contributed by atoms with Crippen molar-refractivity contribution in [3.05, 3.63) is 18.0 Å². The molecular weight excluding hydrogens is 176 g/mol. The zero-order chi connectivity index (χ0) is 9.14. The van der Waals surface area contributed by atoms with Crippen molar-refractivity contribution in [1.82, 2.24) is 9.78 Å². The number of hydrogen-bond acceptors (Lipinski definition) is 1. The number of alkyl halides is 4. The fourth-order valence-electron chi connectivity index (χ4n) is 0.618. The third-order valence-electron chi connectivity index (χ3n) is 1.07. The Kier molecular flexibility index (Phi) is 2.67. The largest absolute Gasteiger partial charge is 0.268 e. The molecule has 0 aromatic carbocycles. The van der Waals surface area contributed by atoms with Crippen molar-refractivity contribution in [2.75, 3.05) is 0 Å². The molecule has 0 N–H and O–H groups in total.